The molecule has 2 N–H and O–H groups in total. The quantitative estimate of drug-likeness (QED) is 0.622. The SMILES string of the molecule is N#CCCN(C(=O)CCC(=O)NNC(=O)c1cc2c(s1)CCCCCC2)c1ccccc1. The van der Waals surface area contributed by atoms with Crippen LogP contribution < -0.4 is 15.8 Å². The van der Waals surface area contributed by atoms with Crippen molar-refractivity contribution >= 4 is 34.7 Å². The van der Waals surface area contributed by atoms with Gasteiger partial charge in [-0.1, -0.05) is 31.0 Å². The van der Waals surface area contributed by atoms with E-state index in [1.165, 1.54) is 39.5 Å². The number of para-hydroxylation sites is 1. The topological polar surface area (TPSA) is 102 Å². The van der Waals surface area contributed by atoms with Crippen molar-refractivity contribution in [2.75, 3.05) is 11.4 Å². The smallest absolute Gasteiger partial charge is 0.279 e. The summed E-state index contributed by atoms with van der Waals surface area (Å²) in [5.41, 5.74) is 6.81. The molecule has 0 radical (unpaired) electrons. The largest absolute Gasteiger partial charge is 0.311 e. The van der Waals surface area contributed by atoms with Gasteiger partial charge in [0.15, 0.2) is 0 Å². The van der Waals surface area contributed by atoms with Crippen LogP contribution in [0, 0.1) is 11.3 Å². The molecule has 0 unspecified atom stereocenters. The van der Waals surface area contributed by atoms with E-state index in [0.717, 1.165) is 25.7 Å². The molecular formula is C24H28N4O3S. The molecule has 8 heteroatoms. The molecule has 32 heavy (non-hydrogen) atoms. The van der Waals surface area contributed by atoms with E-state index in [4.69, 9.17) is 5.26 Å². The van der Waals surface area contributed by atoms with Gasteiger partial charge in [0.25, 0.3) is 5.91 Å². The first-order chi connectivity index (χ1) is 15.6. The molecule has 168 valence electrons. The number of hydrazine groups is 1. The molecule has 0 fully saturated rings. The molecule has 0 bridgehead atoms. The molecule has 1 aliphatic carbocycles. The Morgan fingerprint density at radius 2 is 1.75 bits per heavy atom. The summed E-state index contributed by atoms with van der Waals surface area (Å²) in [5, 5.41) is 8.87. The Kier molecular flexibility index (Phi) is 8.81. The van der Waals surface area contributed by atoms with E-state index in [1.807, 2.05) is 30.3 Å². The minimum Gasteiger partial charge on any atom is -0.311 e. The van der Waals surface area contributed by atoms with Gasteiger partial charge in [-0.05, 0) is 49.4 Å². The summed E-state index contributed by atoms with van der Waals surface area (Å²) in [6.45, 7) is 0.265. The molecule has 2 aromatic rings. The van der Waals surface area contributed by atoms with E-state index in [1.54, 1.807) is 12.1 Å². The van der Waals surface area contributed by atoms with Crippen LogP contribution in [0.15, 0.2) is 36.4 Å². The minimum atomic E-state index is -0.435. The van der Waals surface area contributed by atoms with Crippen LogP contribution in [0.4, 0.5) is 5.69 Å². The Labute approximate surface area is 192 Å². The molecule has 0 saturated heterocycles. The number of nitrogens with zero attached hydrogens (tertiary/aromatic N) is 2. The average Bonchev–Trinajstić information content (AvgIpc) is 3.19. The number of fused-ring (bicyclic) bond motifs is 1. The van der Waals surface area contributed by atoms with Gasteiger partial charge in [-0.2, -0.15) is 5.26 Å². The molecule has 1 aromatic heterocycles. The number of rotatable bonds is 7. The van der Waals surface area contributed by atoms with Crippen LogP contribution >= 0.6 is 11.3 Å². The van der Waals surface area contributed by atoms with Crippen molar-refractivity contribution in [1.82, 2.24) is 10.9 Å². The second kappa shape index (κ2) is 12.0. The zero-order valence-electron chi connectivity index (χ0n) is 18.1. The van der Waals surface area contributed by atoms with Crippen LogP contribution in [0.3, 0.4) is 0 Å². The van der Waals surface area contributed by atoms with Crippen molar-refractivity contribution in [3.8, 4) is 6.07 Å². The van der Waals surface area contributed by atoms with Gasteiger partial charge in [-0.3, -0.25) is 25.2 Å². The maximum absolute atomic E-state index is 12.6. The first kappa shape index (κ1) is 23.5. The molecule has 1 aliphatic rings. The number of nitrogens with one attached hydrogen (secondary N) is 2. The fourth-order valence-corrected chi connectivity index (χ4v) is 4.88. The third-order valence-corrected chi connectivity index (χ3v) is 6.65. The van der Waals surface area contributed by atoms with E-state index in [0.29, 0.717) is 10.6 Å². The van der Waals surface area contributed by atoms with Crippen LogP contribution in [0.5, 0.6) is 0 Å². The molecule has 0 atom stereocenters. The third-order valence-electron chi connectivity index (χ3n) is 5.42. The van der Waals surface area contributed by atoms with E-state index < -0.39 is 5.91 Å². The predicted molar refractivity (Wildman–Crippen MR) is 124 cm³/mol. The lowest BCUT2D eigenvalue weighted by Gasteiger charge is -2.21. The lowest BCUT2D eigenvalue weighted by molar-refractivity contribution is -0.125. The standard InChI is InChI=1S/C24H28N4O3S/c25-15-8-16-28(19-10-5-3-6-11-19)23(30)14-13-22(29)26-27-24(31)21-17-18-9-4-1-2-7-12-20(18)32-21/h3,5-6,10-11,17H,1-2,4,7-9,12-14,16H2,(H,26,29)(H,27,31). The number of thiophene rings is 1. The maximum Gasteiger partial charge on any atom is 0.279 e. The average molecular weight is 453 g/mol. The van der Waals surface area contributed by atoms with Crippen LogP contribution in [0.25, 0.3) is 0 Å². The summed E-state index contributed by atoms with van der Waals surface area (Å²) in [6.07, 6.45) is 6.87. The van der Waals surface area contributed by atoms with Crippen LogP contribution in [0.1, 0.15) is 65.1 Å². The molecule has 7 nitrogen and oxygen atoms in total. The highest BCUT2D eigenvalue weighted by atomic mass is 32.1. The Morgan fingerprint density at radius 3 is 2.50 bits per heavy atom. The second-order valence-corrected chi connectivity index (χ2v) is 8.90. The van der Waals surface area contributed by atoms with Gasteiger partial charge in [-0.15, -0.1) is 11.3 Å². The number of carbonyl (C=O) groups is 3. The fourth-order valence-electron chi connectivity index (χ4n) is 3.73. The number of anilines is 1. The van der Waals surface area contributed by atoms with Gasteiger partial charge in [0.1, 0.15) is 0 Å². The van der Waals surface area contributed by atoms with Crippen molar-refractivity contribution in [3.63, 3.8) is 0 Å². The summed E-state index contributed by atoms with van der Waals surface area (Å²) in [6, 6.07) is 13.0. The number of hydrogen-bond acceptors (Lipinski definition) is 5. The Bertz CT molecular complexity index is 955. The molecule has 1 heterocycles. The Balaban J connectivity index is 1.49. The number of aryl methyl sites for hydroxylation is 2. The zero-order chi connectivity index (χ0) is 22.8. The first-order valence-corrected chi connectivity index (χ1v) is 11.8. The summed E-state index contributed by atoms with van der Waals surface area (Å²) in [5.74, 6) is -1.01. The van der Waals surface area contributed by atoms with Gasteiger partial charge in [0.2, 0.25) is 11.8 Å². The third kappa shape index (κ3) is 6.66. The fraction of sp³-hybridized carbons (Fsp3) is 0.417. The summed E-state index contributed by atoms with van der Waals surface area (Å²) in [7, 11) is 0. The molecule has 0 aliphatic heterocycles. The summed E-state index contributed by atoms with van der Waals surface area (Å²) < 4.78 is 0. The Morgan fingerprint density at radius 1 is 1.00 bits per heavy atom. The van der Waals surface area contributed by atoms with Gasteiger partial charge in [0.05, 0.1) is 17.4 Å². The van der Waals surface area contributed by atoms with Crippen molar-refractivity contribution in [3.05, 3.63) is 51.7 Å². The van der Waals surface area contributed by atoms with E-state index in [9.17, 15) is 14.4 Å². The molecule has 0 spiro atoms. The van der Waals surface area contributed by atoms with Crippen molar-refractivity contribution < 1.29 is 14.4 Å². The molecule has 3 amide bonds. The maximum atomic E-state index is 12.6. The van der Waals surface area contributed by atoms with Gasteiger partial charge < -0.3 is 4.90 Å². The van der Waals surface area contributed by atoms with Crippen molar-refractivity contribution in [2.45, 2.75) is 57.8 Å². The van der Waals surface area contributed by atoms with E-state index >= 15 is 0 Å². The van der Waals surface area contributed by atoms with E-state index in [-0.39, 0.29) is 37.6 Å². The normalized spacial score (nSPS) is 13.1. The minimum absolute atomic E-state index is 0.0185. The number of nitriles is 1. The van der Waals surface area contributed by atoms with Crippen LogP contribution in [0.2, 0.25) is 0 Å². The highest BCUT2D eigenvalue weighted by Crippen LogP contribution is 2.28. The summed E-state index contributed by atoms with van der Waals surface area (Å²) >= 11 is 1.49. The van der Waals surface area contributed by atoms with E-state index in [2.05, 4.69) is 10.9 Å². The van der Waals surface area contributed by atoms with Gasteiger partial charge in [0, 0.05) is 30.0 Å². The molecule has 1 aromatic carbocycles. The zero-order valence-corrected chi connectivity index (χ0v) is 18.9. The van der Waals surface area contributed by atoms with Crippen molar-refractivity contribution in [2.24, 2.45) is 0 Å². The highest BCUT2D eigenvalue weighted by molar-refractivity contribution is 7.14. The second-order valence-electron chi connectivity index (χ2n) is 7.76. The predicted octanol–water partition coefficient (Wildman–Crippen LogP) is 3.90. The van der Waals surface area contributed by atoms with Crippen LogP contribution in [-0.4, -0.2) is 24.3 Å². The first-order valence-electron chi connectivity index (χ1n) is 11.0. The molecular weight excluding hydrogens is 424 g/mol. The lowest BCUT2D eigenvalue weighted by atomic mass is 10.00. The number of benzene rings is 1. The number of hydrogen-bond donors (Lipinski definition) is 2. The van der Waals surface area contributed by atoms with Gasteiger partial charge in [-0.25, -0.2) is 0 Å². The van der Waals surface area contributed by atoms with Crippen molar-refractivity contribution in [1.29, 1.82) is 5.26 Å². The molecule has 3 rings (SSSR count). The van der Waals surface area contributed by atoms with Gasteiger partial charge >= 0.3 is 0 Å². The van der Waals surface area contributed by atoms with Crippen LogP contribution in [-0.2, 0) is 22.4 Å². The highest BCUT2D eigenvalue weighted by Gasteiger charge is 2.18. The Hall–Kier alpha value is -3.18. The molecule has 0 saturated carbocycles. The monoisotopic (exact) mass is 452 g/mol. The lowest BCUT2D eigenvalue weighted by Crippen LogP contribution is -2.42. The number of amides is 3. The number of carbonyl (C=O) groups excluding carboxylic acids is 3. The summed E-state index contributed by atoms with van der Waals surface area (Å²) in [4.78, 5) is 40.7.